The third-order valence-corrected chi connectivity index (χ3v) is 12.1. The first-order valence-corrected chi connectivity index (χ1v) is 18.7. The van der Waals surface area contributed by atoms with Crippen molar-refractivity contribution in [2.45, 2.75) is 97.4 Å². The lowest BCUT2D eigenvalue weighted by atomic mass is 9.49. The number of nitrogens with zero attached hydrogens (tertiary/aromatic N) is 2. The molecule has 6 nitrogen and oxygen atoms in total. The molecule has 1 saturated carbocycles. The summed E-state index contributed by atoms with van der Waals surface area (Å²) in [5.74, 6) is 2.49. The van der Waals surface area contributed by atoms with Gasteiger partial charge in [0.05, 0.1) is 30.3 Å². The molecule has 2 aliphatic rings. The van der Waals surface area contributed by atoms with Crippen molar-refractivity contribution in [1.82, 2.24) is 9.55 Å². The Labute approximate surface area is 302 Å². The smallest absolute Gasteiger partial charge is 0.303 e. The van der Waals surface area contributed by atoms with E-state index >= 15 is 0 Å². The summed E-state index contributed by atoms with van der Waals surface area (Å²) in [6, 6.07) is 28.5. The number of carboxylic acid groups (broad SMARTS) is 1. The Kier molecular flexibility index (Phi) is 9.47. The zero-order valence-electron chi connectivity index (χ0n) is 31.1. The highest BCUT2D eigenvalue weighted by atomic mass is 16.5. The minimum absolute atomic E-state index is 0.0545. The first-order chi connectivity index (χ1) is 24.5. The van der Waals surface area contributed by atoms with E-state index in [1.807, 2.05) is 18.2 Å². The number of ether oxygens (including phenoxy) is 2. The fraction of sp³-hybridized carbons (Fsp3) is 0.422. The second kappa shape index (κ2) is 13.9. The maximum Gasteiger partial charge on any atom is 0.303 e. The van der Waals surface area contributed by atoms with Crippen LogP contribution in [0.15, 0.2) is 78.9 Å². The topological polar surface area (TPSA) is 73.6 Å². The van der Waals surface area contributed by atoms with Crippen LogP contribution in [0.2, 0.25) is 0 Å². The summed E-state index contributed by atoms with van der Waals surface area (Å²) < 4.78 is 14.4. The molecule has 1 heterocycles. The molecular weight excluding hydrogens is 633 g/mol. The monoisotopic (exact) mass is 684 g/mol. The molecule has 0 unspecified atom stereocenters. The highest BCUT2D eigenvalue weighted by Gasteiger charge is 2.52. The average molecular weight is 685 g/mol. The first kappa shape index (κ1) is 34.9. The highest BCUT2D eigenvalue weighted by Crippen LogP contribution is 2.58. The molecule has 7 rings (SSSR count). The molecule has 0 saturated heterocycles. The summed E-state index contributed by atoms with van der Waals surface area (Å²) in [5.41, 5.74) is 11.4. The summed E-state index contributed by atoms with van der Waals surface area (Å²) in [7, 11) is 1.69. The van der Waals surface area contributed by atoms with E-state index in [9.17, 15) is 4.79 Å². The number of benzene rings is 4. The van der Waals surface area contributed by atoms with Crippen LogP contribution in [0.4, 0.5) is 0 Å². The number of hydrogen-bond acceptors (Lipinski definition) is 4. The van der Waals surface area contributed by atoms with Gasteiger partial charge >= 0.3 is 5.97 Å². The number of carbonyl (C=O) groups is 1. The molecule has 0 bridgehead atoms. The number of methoxy groups -OCH3 is 1. The van der Waals surface area contributed by atoms with E-state index in [0.717, 1.165) is 41.0 Å². The average Bonchev–Trinajstić information content (AvgIpc) is 3.46. The van der Waals surface area contributed by atoms with E-state index in [-0.39, 0.29) is 17.3 Å². The normalized spacial score (nSPS) is 21.4. The fourth-order valence-corrected chi connectivity index (χ4v) is 9.47. The number of fused-ring (bicyclic) bond motifs is 4. The molecule has 2 aliphatic carbocycles. The van der Waals surface area contributed by atoms with Gasteiger partial charge in [-0.15, -0.1) is 0 Å². The minimum atomic E-state index is -0.819. The van der Waals surface area contributed by atoms with Gasteiger partial charge in [0.15, 0.2) is 0 Å². The minimum Gasteiger partial charge on any atom is -0.496 e. The van der Waals surface area contributed by atoms with Gasteiger partial charge in [-0.3, -0.25) is 4.79 Å². The number of aromatic nitrogens is 2. The first-order valence-electron chi connectivity index (χ1n) is 18.7. The molecule has 6 heteroatoms. The van der Waals surface area contributed by atoms with E-state index in [4.69, 9.17) is 19.6 Å². The third-order valence-electron chi connectivity index (χ3n) is 12.1. The molecule has 3 atom stereocenters. The van der Waals surface area contributed by atoms with Crippen LogP contribution >= 0.6 is 0 Å². The summed E-state index contributed by atoms with van der Waals surface area (Å²) >= 11 is 0. The van der Waals surface area contributed by atoms with E-state index < -0.39 is 5.97 Å². The summed E-state index contributed by atoms with van der Waals surface area (Å²) in [4.78, 5) is 16.4. The van der Waals surface area contributed by atoms with Gasteiger partial charge in [0.1, 0.15) is 17.3 Å². The van der Waals surface area contributed by atoms with Crippen LogP contribution in [0.3, 0.4) is 0 Å². The van der Waals surface area contributed by atoms with E-state index in [1.54, 1.807) is 18.2 Å². The second-order valence-electron chi connectivity index (χ2n) is 15.8. The SMILES string of the molecule is COc1cc(OCCCC(=O)O)ccc1-c1nc2cc(-c3ccccc3C)ccc2n1C[C@]1(C)CCC[C@]2(C)c3ccc(C(C)C)cc3CC[C@@H]12. The number of aryl methyl sites for hydroxylation is 2. The lowest BCUT2D eigenvalue weighted by Gasteiger charge is -2.56. The maximum absolute atomic E-state index is 11.0. The Morgan fingerprint density at radius 2 is 1.82 bits per heavy atom. The van der Waals surface area contributed by atoms with Crippen LogP contribution in [0.25, 0.3) is 33.5 Å². The zero-order valence-corrected chi connectivity index (χ0v) is 31.1. The Morgan fingerprint density at radius 3 is 2.59 bits per heavy atom. The van der Waals surface area contributed by atoms with Gasteiger partial charge in [-0.05, 0) is 119 Å². The van der Waals surface area contributed by atoms with Crippen LogP contribution in [0.5, 0.6) is 11.5 Å². The van der Waals surface area contributed by atoms with Crippen molar-refractivity contribution in [2.24, 2.45) is 11.3 Å². The van der Waals surface area contributed by atoms with Gasteiger partial charge in [0.2, 0.25) is 0 Å². The van der Waals surface area contributed by atoms with Crippen LogP contribution < -0.4 is 9.47 Å². The fourth-order valence-electron chi connectivity index (χ4n) is 9.47. The predicted octanol–water partition coefficient (Wildman–Crippen LogP) is 10.8. The van der Waals surface area contributed by atoms with Gasteiger partial charge in [-0.1, -0.05) is 82.6 Å². The predicted molar refractivity (Wildman–Crippen MR) is 206 cm³/mol. The Balaban J connectivity index is 1.31. The van der Waals surface area contributed by atoms with Crippen molar-refractivity contribution < 1.29 is 19.4 Å². The van der Waals surface area contributed by atoms with Gasteiger partial charge in [0.25, 0.3) is 0 Å². The molecule has 0 aliphatic heterocycles. The van der Waals surface area contributed by atoms with Crippen molar-refractivity contribution in [1.29, 1.82) is 0 Å². The van der Waals surface area contributed by atoms with Gasteiger partial charge < -0.3 is 19.1 Å². The number of hydrogen-bond donors (Lipinski definition) is 1. The molecule has 0 radical (unpaired) electrons. The van der Waals surface area contributed by atoms with Crippen molar-refractivity contribution in [3.63, 3.8) is 0 Å². The molecular formula is C45H52N2O4. The standard InChI is InChI=1S/C45H52N2O4/c1-29(2)31-14-19-37-33(25-31)16-21-41-44(4,22-10-23-45(37,41)5)28-47-39-20-15-32(35-12-8-7-11-30(35)3)26-38(39)46-43(47)36-18-17-34(27-40(36)50-6)51-24-9-13-42(48)49/h7-8,11-12,14-15,17-20,25-27,29,41H,9-10,13,16,21-24,28H2,1-6H3,(H,48,49)/t41-,44-,45+/m0/s1. The van der Waals surface area contributed by atoms with Crippen LogP contribution in [0.1, 0.15) is 94.4 Å². The van der Waals surface area contributed by atoms with E-state index in [1.165, 1.54) is 42.4 Å². The quantitative estimate of drug-likeness (QED) is 0.140. The van der Waals surface area contributed by atoms with Crippen LogP contribution in [0, 0.1) is 18.3 Å². The molecule has 51 heavy (non-hydrogen) atoms. The zero-order chi connectivity index (χ0) is 35.9. The summed E-state index contributed by atoms with van der Waals surface area (Å²) in [5, 5.41) is 9.04. The molecule has 1 aromatic heterocycles. The largest absolute Gasteiger partial charge is 0.496 e. The molecule has 0 spiro atoms. The van der Waals surface area contributed by atoms with E-state index in [0.29, 0.717) is 36.4 Å². The van der Waals surface area contributed by atoms with Crippen LogP contribution in [-0.2, 0) is 23.2 Å². The number of carboxylic acids is 1. The molecule has 5 aromatic rings. The Bertz CT molecular complexity index is 2080. The molecule has 1 N–H and O–H groups in total. The third kappa shape index (κ3) is 6.54. The molecule has 0 amide bonds. The van der Waals surface area contributed by atoms with Gasteiger partial charge in [0, 0.05) is 19.0 Å². The van der Waals surface area contributed by atoms with Gasteiger partial charge in [-0.2, -0.15) is 0 Å². The maximum atomic E-state index is 11.0. The Hall–Kier alpha value is -4.58. The number of imidazole rings is 1. The molecule has 266 valence electrons. The van der Waals surface area contributed by atoms with Crippen LogP contribution in [-0.4, -0.2) is 34.3 Å². The highest BCUT2D eigenvalue weighted by molar-refractivity contribution is 5.87. The van der Waals surface area contributed by atoms with E-state index in [2.05, 4.69) is 99.8 Å². The lowest BCUT2D eigenvalue weighted by molar-refractivity contribution is -0.137. The number of aliphatic carboxylic acids is 1. The molecule has 1 fully saturated rings. The molecule has 4 aromatic carbocycles. The summed E-state index contributed by atoms with van der Waals surface area (Å²) in [6.07, 6.45) is 6.44. The van der Waals surface area contributed by atoms with Crippen molar-refractivity contribution in [3.8, 4) is 34.0 Å². The Morgan fingerprint density at radius 1 is 1.00 bits per heavy atom. The second-order valence-corrected chi connectivity index (χ2v) is 15.8. The number of rotatable bonds is 11. The van der Waals surface area contributed by atoms with Gasteiger partial charge in [-0.25, -0.2) is 4.98 Å². The summed E-state index contributed by atoms with van der Waals surface area (Å²) in [6.45, 7) is 13.0. The van der Waals surface area contributed by atoms with Crippen molar-refractivity contribution in [2.75, 3.05) is 13.7 Å². The van der Waals surface area contributed by atoms with Crippen molar-refractivity contribution in [3.05, 3.63) is 101 Å². The van der Waals surface area contributed by atoms with Crippen molar-refractivity contribution >= 4 is 17.0 Å². The lowest BCUT2D eigenvalue weighted by Crippen LogP contribution is -2.50.